The molecule has 4 heterocycles. The van der Waals surface area contributed by atoms with Crippen LogP contribution in [-0.4, -0.2) is 44.7 Å². The van der Waals surface area contributed by atoms with Gasteiger partial charge in [-0.3, -0.25) is 4.79 Å². The van der Waals surface area contributed by atoms with Crippen molar-refractivity contribution in [3.63, 3.8) is 0 Å². The fourth-order valence-electron chi connectivity index (χ4n) is 3.96. The van der Waals surface area contributed by atoms with Crippen molar-refractivity contribution in [2.24, 2.45) is 5.73 Å². The molecule has 0 saturated carbocycles. The van der Waals surface area contributed by atoms with Crippen LogP contribution in [-0.2, 0) is 0 Å². The second-order valence-corrected chi connectivity index (χ2v) is 7.96. The number of halogens is 2. The number of furan rings is 1. The maximum atomic E-state index is 13.4. The van der Waals surface area contributed by atoms with E-state index < -0.39 is 0 Å². The van der Waals surface area contributed by atoms with Crippen molar-refractivity contribution in [3.8, 4) is 11.3 Å². The Morgan fingerprint density at radius 3 is 2.60 bits per heavy atom. The van der Waals surface area contributed by atoms with E-state index in [4.69, 9.17) is 15.1 Å². The molecule has 164 valence electrons. The number of fused-ring (bicyclic) bond motifs is 1. The van der Waals surface area contributed by atoms with Gasteiger partial charge in [0.25, 0.3) is 5.91 Å². The van der Waals surface area contributed by atoms with Crippen molar-refractivity contribution >= 4 is 41.8 Å². The zero-order valence-corrected chi connectivity index (χ0v) is 19.3. The van der Waals surface area contributed by atoms with Gasteiger partial charge in [0, 0.05) is 30.7 Å². The van der Waals surface area contributed by atoms with Crippen molar-refractivity contribution < 1.29 is 9.21 Å². The average molecular weight is 454 g/mol. The van der Waals surface area contributed by atoms with Gasteiger partial charge in [0.1, 0.15) is 11.5 Å². The first kappa shape index (κ1) is 24.2. The quantitative estimate of drug-likeness (QED) is 0.638. The molecule has 1 aliphatic heterocycles. The summed E-state index contributed by atoms with van der Waals surface area (Å²) in [6.45, 7) is 9.25. The smallest absolute Gasteiger partial charge is 0.254 e. The maximum Gasteiger partial charge on any atom is 0.254 e. The number of hydrogen-bond donors (Lipinski definition) is 1. The topological polar surface area (TPSA) is 90.2 Å². The molecular formula is C21H29Cl2N5O2. The molecule has 0 aromatic carbocycles. The number of nitrogens with two attached hydrogens (primary N) is 1. The Morgan fingerprint density at radius 1 is 1.27 bits per heavy atom. The zero-order chi connectivity index (χ0) is 20.0. The first-order valence-electron chi connectivity index (χ1n) is 9.85. The molecule has 1 atom stereocenters. The SMILES string of the molecule is Cc1cc(-c2cc(C(=O)N3CCCC(N)C3)c3cnn(C(C)C)c3n2)c(C)o1.Cl.Cl. The number of nitrogens with zero attached hydrogens (tertiary/aromatic N) is 4. The van der Waals surface area contributed by atoms with Gasteiger partial charge < -0.3 is 15.1 Å². The molecule has 4 rings (SSSR count). The number of aryl methyl sites for hydroxylation is 2. The number of pyridine rings is 1. The molecule has 0 aliphatic carbocycles. The predicted molar refractivity (Wildman–Crippen MR) is 123 cm³/mol. The van der Waals surface area contributed by atoms with E-state index in [0.717, 1.165) is 53.2 Å². The van der Waals surface area contributed by atoms with Crippen LogP contribution in [0.4, 0.5) is 0 Å². The normalized spacial score (nSPS) is 16.5. The van der Waals surface area contributed by atoms with E-state index in [0.29, 0.717) is 12.1 Å². The number of carbonyl (C=O) groups excluding carboxylic acids is 1. The van der Waals surface area contributed by atoms with Gasteiger partial charge in [0.05, 0.1) is 22.8 Å². The Morgan fingerprint density at radius 2 is 2.00 bits per heavy atom. The van der Waals surface area contributed by atoms with Gasteiger partial charge in [0.15, 0.2) is 5.65 Å². The first-order valence-corrected chi connectivity index (χ1v) is 9.85. The maximum absolute atomic E-state index is 13.4. The van der Waals surface area contributed by atoms with Crippen LogP contribution in [0.25, 0.3) is 22.3 Å². The summed E-state index contributed by atoms with van der Waals surface area (Å²) in [5.74, 6) is 1.60. The zero-order valence-electron chi connectivity index (χ0n) is 17.7. The highest BCUT2D eigenvalue weighted by atomic mass is 35.5. The summed E-state index contributed by atoms with van der Waals surface area (Å²) in [7, 11) is 0. The number of carbonyl (C=O) groups is 1. The molecule has 1 fully saturated rings. The third-order valence-electron chi connectivity index (χ3n) is 5.35. The summed E-state index contributed by atoms with van der Waals surface area (Å²) in [6.07, 6.45) is 3.63. The molecule has 1 amide bonds. The van der Waals surface area contributed by atoms with Gasteiger partial charge in [-0.25, -0.2) is 9.67 Å². The number of amides is 1. The molecule has 3 aromatic rings. The van der Waals surface area contributed by atoms with Crippen molar-refractivity contribution in [1.29, 1.82) is 0 Å². The van der Waals surface area contributed by atoms with Crippen LogP contribution in [0.15, 0.2) is 22.7 Å². The van der Waals surface area contributed by atoms with Gasteiger partial charge in [-0.15, -0.1) is 24.8 Å². The van der Waals surface area contributed by atoms with Crippen molar-refractivity contribution in [2.45, 2.75) is 52.6 Å². The van der Waals surface area contributed by atoms with E-state index in [1.165, 1.54) is 0 Å². The van der Waals surface area contributed by atoms with Crippen LogP contribution >= 0.6 is 24.8 Å². The molecule has 1 unspecified atom stereocenters. The molecule has 3 aromatic heterocycles. The Labute approximate surface area is 188 Å². The molecule has 7 nitrogen and oxygen atoms in total. The highest BCUT2D eigenvalue weighted by Gasteiger charge is 2.26. The number of likely N-dealkylation sites (tertiary alicyclic amines) is 1. The second-order valence-electron chi connectivity index (χ2n) is 7.96. The van der Waals surface area contributed by atoms with Crippen LogP contribution in [0.5, 0.6) is 0 Å². The minimum Gasteiger partial charge on any atom is -0.466 e. The number of aromatic nitrogens is 3. The average Bonchev–Trinajstić information content (AvgIpc) is 3.23. The van der Waals surface area contributed by atoms with Gasteiger partial charge >= 0.3 is 0 Å². The van der Waals surface area contributed by atoms with Crippen molar-refractivity contribution in [2.75, 3.05) is 13.1 Å². The van der Waals surface area contributed by atoms with E-state index in [1.54, 1.807) is 6.20 Å². The van der Waals surface area contributed by atoms with Crippen LogP contribution in [0.2, 0.25) is 0 Å². The minimum absolute atomic E-state index is 0. The number of piperidine rings is 1. The van der Waals surface area contributed by atoms with Gasteiger partial charge in [-0.05, 0) is 52.7 Å². The Bertz CT molecular complexity index is 1040. The fraction of sp³-hybridized carbons (Fsp3) is 0.476. The summed E-state index contributed by atoms with van der Waals surface area (Å²) >= 11 is 0. The van der Waals surface area contributed by atoms with Crippen LogP contribution < -0.4 is 5.73 Å². The lowest BCUT2D eigenvalue weighted by molar-refractivity contribution is 0.0711. The highest BCUT2D eigenvalue weighted by molar-refractivity contribution is 6.06. The van der Waals surface area contributed by atoms with E-state index in [-0.39, 0.29) is 42.8 Å². The molecule has 9 heteroatoms. The van der Waals surface area contributed by atoms with E-state index in [1.807, 2.05) is 35.6 Å². The van der Waals surface area contributed by atoms with Gasteiger partial charge in [0.2, 0.25) is 0 Å². The Kier molecular flexibility index (Phi) is 7.55. The monoisotopic (exact) mass is 453 g/mol. The third kappa shape index (κ3) is 4.33. The van der Waals surface area contributed by atoms with E-state index >= 15 is 0 Å². The lowest BCUT2D eigenvalue weighted by Crippen LogP contribution is -2.45. The first-order chi connectivity index (χ1) is 13.3. The number of hydrogen-bond acceptors (Lipinski definition) is 5. The number of rotatable bonds is 3. The lowest BCUT2D eigenvalue weighted by Gasteiger charge is -2.31. The fourth-order valence-corrected chi connectivity index (χ4v) is 3.96. The van der Waals surface area contributed by atoms with Gasteiger partial charge in [-0.2, -0.15) is 5.10 Å². The lowest BCUT2D eigenvalue weighted by atomic mass is 10.0. The van der Waals surface area contributed by atoms with Crippen molar-refractivity contribution in [3.05, 3.63) is 35.4 Å². The summed E-state index contributed by atoms with van der Waals surface area (Å²) < 4.78 is 7.56. The molecule has 1 saturated heterocycles. The standard InChI is InChI=1S/C21H27N5O2.2ClH/c1-12(2)26-20-18(10-23-26)17(21(27)25-7-5-6-15(22)11-25)9-19(24-20)16-8-13(3)28-14(16)4;;/h8-10,12,15H,5-7,11,22H2,1-4H3;2*1H. The third-order valence-corrected chi connectivity index (χ3v) is 5.35. The molecule has 0 radical (unpaired) electrons. The van der Waals surface area contributed by atoms with Crippen molar-refractivity contribution in [1.82, 2.24) is 19.7 Å². The summed E-state index contributed by atoms with van der Waals surface area (Å²) in [5.41, 5.74) is 9.08. The van der Waals surface area contributed by atoms with Crippen LogP contribution in [0, 0.1) is 13.8 Å². The molecule has 2 N–H and O–H groups in total. The summed E-state index contributed by atoms with van der Waals surface area (Å²) in [5, 5.41) is 5.27. The van der Waals surface area contributed by atoms with Crippen LogP contribution in [0.1, 0.15) is 54.6 Å². The Balaban J connectivity index is 0.00000160. The van der Waals surface area contributed by atoms with E-state index in [9.17, 15) is 4.79 Å². The summed E-state index contributed by atoms with van der Waals surface area (Å²) in [6, 6.07) is 4.00. The molecule has 1 aliphatic rings. The summed E-state index contributed by atoms with van der Waals surface area (Å²) in [4.78, 5) is 20.1. The molecule has 30 heavy (non-hydrogen) atoms. The minimum atomic E-state index is -0.00928. The van der Waals surface area contributed by atoms with Gasteiger partial charge in [-0.1, -0.05) is 0 Å². The predicted octanol–water partition coefficient (Wildman–Crippen LogP) is 4.30. The Hall–Kier alpha value is -2.09. The second kappa shape index (κ2) is 9.37. The van der Waals surface area contributed by atoms with Crippen LogP contribution in [0.3, 0.4) is 0 Å². The largest absolute Gasteiger partial charge is 0.466 e. The molecule has 0 spiro atoms. The molecular weight excluding hydrogens is 425 g/mol. The highest BCUT2D eigenvalue weighted by Crippen LogP contribution is 2.31. The van der Waals surface area contributed by atoms with E-state index in [2.05, 4.69) is 18.9 Å². The molecule has 0 bridgehead atoms.